The van der Waals surface area contributed by atoms with Gasteiger partial charge in [-0.3, -0.25) is 0 Å². The van der Waals surface area contributed by atoms with Crippen molar-refractivity contribution >= 4 is 21.4 Å². The van der Waals surface area contributed by atoms with Crippen LogP contribution in [0.25, 0.3) is 0 Å². The Morgan fingerprint density at radius 2 is 0.812 bits per heavy atom. The Balaban J connectivity index is 0.000000435. The van der Waals surface area contributed by atoms with Crippen molar-refractivity contribution in [3.05, 3.63) is 0 Å². The van der Waals surface area contributed by atoms with Gasteiger partial charge in [0.15, 0.2) is 0 Å². The van der Waals surface area contributed by atoms with E-state index in [1.54, 1.807) is 0 Å². The Bertz CT molecular complexity index is 510. The molecule has 0 atom stereocenters. The summed E-state index contributed by atoms with van der Waals surface area (Å²) in [6, 6.07) is 0. The maximum Gasteiger partial charge on any atom is 0.454 e. The van der Waals surface area contributed by atoms with Crippen molar-refractivity contribution in [2.75, 3.05) is 13.2 Å². The van der Waals surface area contributed by atoms with Gasteiger partial charge in [0.1, 0.15) is 0 Å². The Hall–Kier alpha value is -0.0452. The Morgan fingerprint density at radius 1 is 0.500 bits per heavy atom. The topological polar surface area (TPSA) is 55.4 Å². The van der Waals surface area contributed by atoms with Crippen molar-refractivity contribution in [3.8, 4) is 0 Å². The zero-order chi connectivity index (χ0) is 25.6. The Labute approximate surface area is 200 Å². The van der Waals surface area contributed by atoms with Crippen molar-refractivity contribution in [2.45, 2.75) is 132 Å². The van der Waals surface area contributed by atoms with E-state index in [0.717, 1.165) is 19.6 Å². The van der Waals surface area contributed by atoms with Crippen LogP contribution in [0.15, 0.2) is 0 Å². The van der Waals surface area contributed by atoms with Gasteiger partial charge in [-0.05, 0) is 75.9 Å². The molecule has 0 spiro atoms. The zero-order valence-electron chi connectivity index (χ0n) is 23.8. The molecule has 6 nitrogen and oxygen atoms in total. The van der Waals surface area contributed by atoms with Crippen LogP contribution in [0, 0.1) is 5.41 Å². The van der Waals surface area contributed by atoms with Crippen molar-refractivity contribution in [1.82, 2.24) is 0 Å². The molecule has 0 aromatic carbocycles. The van der Waals surface area contributed by atoms with Gasteiger partial charge in [0.2, 0.25) is 0 Å². The molecule has 0 N–H and O–H groups in total. The quantitative estimate of drug-likeness (QED) is 0.417. The average molecular weight is 456 g/mol. The molecule has 9 heteroatoms. The summed E-state index contributed by atoms with van der Waals surface area (Å²) in [5, 5.41) is 0. The van der Waals surface area contributed by atoms with Gasteiger partial charge in [0.05, 0.1) is 22.4 Å². The van der Waals surface area contributed by atoms with E-state index in [-0.39, 0.29) is 49.2 Å². The minimum atomic E-state index is -0.160. The van der Waals surface area contributed by atoms with E-state index in [1.165, 1.54) is 0 Å². The first kappa shape index (κ1) is 32.0. The van der Waals surface area contributed by atoms with Crippen LogP contribution in [0.3, 0.4) is 0 Å². The molecule has 0 aliphatic carbocycles. The lowest BCUT2D eigenvalue weighted by molar-refractivity contribution is -0.0744. The molecule has 0 aromatic rings. The van der Waals surface area contributed by atoms with Crippen molar-refractivity contribution in [1.29, 1.82) is 0 Å². The maximum atomic E-state index is 5.59. The van der Waals surface area contributed by atoms with Crippen LogP contribution < -0.4 is 0 Å². The first-order chi connectivity index (χ1) is 14.3. The molecule has 3 aliphatic rings. The maximum absolute atomic E-state index is 5.59. The van der Waals surface area contributed by atoms with E-state index in [9.17, 15) is 0 Å². The van der Waals surface area contributed by atoms with Crippen LogP contribution in [0.2, 0.25) is 20.5 Å². The second-order valence-corrected chi connectivity index (χ2v) is 11.7. The molecule has 0 saturated carbocycles. The fourth-order valence-electron chi connectivity index (χ4n) is 3.94. The lowest BCUT2D eigenvalue weighted by Gasteiger charge is -2.43. The van der Waals surface area contributed by atoms with Crippen LogP contribution >= 0.6 is 0 Å². The SMILES string of the molecule is CB1OC(C)(C)C(C)(C)O1.CB1OC(C)(C)CC(C)(C)O1.CB1OCC(C)(C)CO1.CC. The molecule has 0 bridgehead atoms. The van der Waals surface area contributed by atoms with Gasteiger partial charge in [-0.15, -0.1) is 0 Å². The lowest BCUT2D eigenvalue weighted by atomic mass is 9.81. The molecule has 0 aromatic heterocycles. The van der Waals surface area contributed by atoms with E-state index in [4.69, 9.17) is 27.9 Å². The van der Waals surface area contributed by atoms with E-state index < -0.39 is 0 Å². The molecule has 0 amide bonds. The van der Waals surface area contributed by atoms with Crippen LogP contribution in [0.4, 0.5) is 0 Å². The molecular formula is C23H51B3O6. The summed E-state index contributed by atoms with van der Waals surface area (Å²) in [7, 11) is -0.142. The highest BCUT2D eigenvalue weighted by atomic mass is 16.7. The standard InChI is InChI=1S/C8H17BO2.C7H15BO2.C6H13BO2.C2H6/c1-7(2)6-8(3,4)11-9(5)10-7;1-6(2)7(3,4)10-8(5)9-6;1-6(2)4-8-7(3)9-5-6;1-2/h6H2,1-5H3;1-5H3;4-5H2,1-3H3;1-2H3. The summed E-state index contributed by atoms with van der Waals surface area (Å²) in [5.74, 6) is 0. The third kappa shape index (κ3) is 11.4. The summed E-state index contributed by atoms with van der Waals surface area (Å²) < 4.78 is 32.8. The van der Waals surface area contributed by atoms with Gasteiger partial charge in [-0.1, -0.05) is 27.7 Å². The average Bonchev–Trinajstić information content (AvgIpc) is 2.75. The van der Waals surface area contributed by atoms with Gasteiger partial charge in [0.25, 0.3) is 0 Å². The molecule has 3 saturated heterocycles. The summed E-state index contributed by atoms with van der Waals surface area (Å²) >= 11 is 0. The molecule has 3 rings (SSSR count). The molecule has 0 radical (unpaired) electrons. The second kappa shape index (κ2) is 12.1. The third-order valence-corrected chi connectivity index (χ3v) is 5.61. The number of hydrogen-bond donors (Lipinski definition) is 0. The van der Waals surface area contributed by atoms with Crippen LogP contribution in [-0.4, -0.2) is 57.0 Å². The highest BCUT2D eigenvalue weighted by molar-refractivity contribution is 6.43. The Morgan fingerprint density at radius 3 is 1.03 bits per heavy atom. The van der Waals surface area contributed by atoms with Gasteiger partial charge in [0, 0.05) is 25.0 Å². The van der Waals surface area contributed by atoms with E-state index in [1.807, 2.05) is 34.3 Å². The monoisotopic (exact) mass is 456 g/mol. The van der Waals surface area contributed by atoms with Gasteiger partial charge < -0.3 is 27.9 Å². The summed E-state index contributed by atoms with van der Waals surface area (Å²) in [5.41, 5.74) is -0.187. The molecule has 32 heavy (non-hydrogen) atoms. The molecule has 0 unspecified atom stereocenters. The molecule has 188 valence electrons. The van der Waals surface area contributed by atoms with Crippen molar-refractivity contribution < 1.29 is 27.9 Å². The number of rotatable bonds is 0. The smallest absolute Gasteiger partial charge is 0.411 e. The minimum absolute atomic E-state index is 0.00183. The highest BCUT2D eigenvalue weighted by Gasteiger charge is 2.48. The van der Waals surface area contributed by atoms with Gasteiger partial charge >= 0.3 is 21.4 Å². The van der Waals surface area contributed by atoms with Crippen molar-refractivity contribution in [2.24, 2.45) is 5.41 Å². The lowest BCUT2D eigenvalue weighted by Crippen LogP contribution is -2.50. The fourth-order valence-corrected chi connectivity index (χ4v) is 3.94. The molecule has 3 heterocycles. The van der Waals surface area contributed by atoms with Gasteiger partial charge in [-0.2, -0.15) is 0 Å². The predicted molar refractivity (Wildman–Crippen MR) is 137 cm³/mol. The van der Waals surface area contributed by atoms with Crippen LogP contribution in [-0.2, 0) is 27.9 Å². The first-order valence-corrected chi connectivity index (χ1v) is 12.2. The summed E-state index contributed by atoms with van der Waals surface area (Å²) in [6.07, 6.45) is 0.949. The summed E-state index contributed by atoms with van der Waals surface area (Å²) in [6.45, 7) is 32.3. The molecule has 3 fully saturated rings. The fraction of sp³-hybridized carbons (Fsp3) is 1.00. The van der Waals surface area contributed by atoms with Crippen LogP contribution in [0.5, 0.6) is 0 Å². The normalized spacial score (nSPS) is 26.5. The molecular weight excluding hydrogens is 405 g/mol. The van der Waals surface area contributed by atoms with E-state index in [0.29, 0.717) is 0 Å². The zero-order valence-corrected chi connectivity index (χ0v) is 23.8. The predicted octanol–water partition coefficient (Wildman–Crippen LogP) is 6.01. The minimum Gasteiger partial charge on any atom is -0.411 e. The number of hydrogen-bond acceptors (Lipinski definition) is 6. The van der Waals surface area contributed by atoms with Crippen LogP contribution in [0.1, 0.15) is 89.5 Å². The Kier molecular flexibility index (Phi) is 12.1. The third-order valence-electron chi connectivity index (χ3n) is 5.61. The first-order valence-electron chi connectivity index (χ1n) is 12.2. The van der Waals surface area contributed by atoms with E-state index in [2.05, 4.69) is 69.2 Å². The van der Waals surface area contributed by atoms with Gasteiger partial charge in [-0.25, -0.2) is 0 Å². The second-order valence-electron chi connectivity index (χ2n) is 11.7. The van der Waals surface area contributed by atoms with E-state index >= 15 is 0 Å². The van der Waals surface area contributed by atoms with Crippen molar-refractivity contribution in [3.63, 3.8) is 0 Å². The largest absolute Gasteiger partial charge is 0.454 e. The molecule has 3 aliphatic heterocycles. The summed E-state index contributed by atoms with van der Waals surface area (Å²) in [4.78, 5) is 0. The highest BCUT2D eigenvalue weighted by Crippen LogP contribution is 2.36.